The van der Waals surface area contributed by atoms with Gasteiger partial charge in [0.2, 0.25) is 5.91 Å². The Morgan fingerprint density at radius 3 is 2.82 bits per heavy atom. The smallest absolute Gasteiger partial charge is 0.228 e. The summed E-state index contributed by atoms with van der Waals surface area (Å²) in [4.78, 5) is 16.5. The van der Waals surface area contributed by atoms with Crippen LogP contribution < -0.4 is 0 Å². The SMILES string of the molecule is Cc1nonc1CC(=O)N1C[C@@H](N(C)C)[C@@H](n2ccnn2)C1. The average molecular weight is 305 g/mol. The van der Waals surface area contributed by atoms with Gasteiger partial charge in [0, 0.05) is 19.3 Å². The molecule has 1 saturated heterocycles. The van der Waals surface area contributed by atoms with Crippen LogP contribution in [0, 0.1) is 6.92 Å². The fourth-order valence-electron chi connectivity index (χ4n) is 2.80. The molecule has 2 aromatic heterocycles. The molecule has 1 aliphatic heterocycles. The predicted molar refractivity (Wildman–Crippen MR) is 75.9 cm³/mol. The van der Waals surface area contributed by atoms with E-state index in [9.17, 15) is 4.79 Å². The average Bonchev–Trinajstić information content (AvgIpc) is 3.18. The molecule has 3 rings (SSSR count). The topological polar surface area (TPSA) is 93.2 Å². The molecule has 0 unspecified atom stereocenters. The van der Waals surface area contributed by atoms with Crippen molar-refractivity contribution in [1.82, 2.24) is 35.1 Å². The van der Waals surface area contributed by atoms with Gasteiger partial charge in [0.15, 0.2) is 0 Å². The van der Waals surface area contributed by atoms with Crippen LogP contribution in [0.25, 0.3) is 0 Å². The number of rotatable bonds is 4. The highest BCUT2D eigenvalue weighted by Gasteiger charge is 2.38. The second-order valence-electron chi connectivity index (χ2n) is 5.75. The third-order valence-corrected chi connectivity index (χ3v) is 4.12. The molecule has 1 fully saturated rings. The van der Waals surface area contributed by atoms with E-state index in [1.54, 1.807) is 13.1 Å². The first-order valence-electron chi connectivity index (χ1n) is 7.14. The van der Waals surface area contributed by atoms with Crippen LogP contribution in [0.2, 0.25) is 0 Å². The molecule has 0 bridgehead atoms. The Kier molecular flexibility index (Phi) is 3.88. The highest BCUT2D eigenvalue weighted by atomic mass is 16.6. The first-order chi connectivity index (χ1) is 10.6. The summed E-state index contributed by atoms with van der Waals surface area (Å²) < 4.78 is 6.47. The molecule has 1 aliphatic rings. The number of likely N-dealkylation sites (tertiary alicyclic amines) is 1. The number of carbonyl (C=O) groups is 1. The fourth-order valence-corrected chi connectivity index (χ4v) is 2.80. The zero-order chi connectivity index (χ0) is 15.7. The molecule has 0 spiro atoms. The molecule has 9 heteroatoms. The molecule has 0 N–H and O–H groups in total. The second-order valence-corrected chi connectivity index (χ2v) is 5.75. The molecular weight excluding hydrogens is 286 g/mol. The van der Waals surface area contributed by atoms with E-state index in [-0.39, 0.29) is 24.4 Å². The predicted octanol–water partition coefficient (Wildman–Crippen LogP) is -0.474. The number of hydrogen-bond acceptors (Lipinski definition) is 7. The van der Waals surface area contributed by atoms with E-state index in [2.05, 4.69) is 30.2 Å². The first kappa shape index (κ1) is 14.6. The third kappa shape index (κ3) is 2.71. The molecule has 9 nitrogen and oxygen atoms in total. The van der Waals surface area contributed by atoms with Crippen LogP contribution in [-0.2, 0) is 11.2 Å². The zero-order valence-electron chi connectivity index (χ0n) is 12.9. The molecule has 22 heavy (non-hydrogen) atoms. The van der Waals surface area contributed by atoms with Crippen molar-refractivity contribution < 1.29 is 9.42 Å². The lowest BCUT2D eigenvalue weighted by atomic mass is 10.1. The van der Waals surface area contributed by atoms with Crippen LogP contribution in [0.15, 0.2) is 17.0 Å². The van der Waals surface area contributed by atoms with Gasteiger partial charge in [-0.2, -0.15) is 0 Å². The van der Waals surface area contributed by atoms with E-state index in [1.807, 2.05) is 29.9 Å². The summed E-state index contributed by atoms with van der Waals surface area (Å²) in [5, 5.41) is 15.4. The number of carbonyl (C=O) groups excluding carboxylic acids is 1. The Hall–Kier alpha value is -2.29. The lowest BCUT2D eigenvalue weighted by molar-refractivity contribution is -0.129. The van der Waals surface area contributed by atoms with Crippen LogP contribution in [0.4, 0.5) is 0 Å². The Morgan fingerprint density at radius 1 is 1.41 bits per heavy atom. The van der Waals surface area contributed by atoms with Crippen LogP contribution in [-0.4, -0.2) is 74.2 Å². The van der Waals surface area contributed by atoms with Crippen molar-refractivity contribution in [3.05, 3.63) is 23.8 Å². The van der Waals surface area contributed by atoms with Crippen LogP contribution in [0.3, 0.4) is 0 Å². The van der Waals surface area contributed by atoms with Crippen molar-refractivity contribution in [3.8, 4) is 0 Å². The number of amides is 1. The molecule has 118 valence electrons. The Bertz CT molecular complexity index is 637. The van der Waals surface area contributed by atoms with E-state index >= 15 is 0 Å². The van der Waals surface area contributed by atoms with Gasteiger partial charge in [-0.1, -0.05) is 15.5 Å². The van der Waals surface area contributed by atoms with Crippen molar-refractivity contribution in [2.24, 2.45) is 0 Å². The zero-order valence-corrected chi connectivity index (χ0v) is 12.9. The molecular formula is C13H19N7O2. The van der Waals surface area contributed by atoms with Crippen molar-refractivity contribution in [3.63, 3.8) is 0 Å². The lowest BCUT2D eigenvalue weighted by Gasteiger charge is -2.24. The number of aryl methyl sites for hydroxylation is 1. The summed E-state index contributed by atoms with van der Waals surface area (Å²) in [6.45, 7) is 3.04. The van der Waals surface area contributed by atoms with Crippen LogP contribution in [0.1, 0.15) is 17.4 Å². The summed E-state index contributed by atoms with van der Waals surface area (Å²) in [6, 6.07) is 0.292. The standard InChI is InChI=1S/C13H19N7O2/c1-9-10(16-22-15-9)6-13(21)19-7-11(18(2)3)12(8-19)20-5-4-14-17-20/h4-5,11-12H,6-8H2,1-3H3/t11-,12+/m1/s1. The minimum absolute atomic E-state index is 0.0215. The number of likely N-dealkylation sites (N-methyl/N-ethyl adjacent to an activating group) is 1. The summed E-state index contributed by atoms with van der Waals surface area (Å²) >= 11 is 0. The summed E-state index contributed by atoms with van der Waals surface area (Å²) in [6.07, 6.45) is 3.70. The maximum Gasteiger partial charge on any atom is 0.228 e. The van der Waals surface area contributed by atoms with Crippen LogP contribution >= 0.6 is 0 Å². The molecule has 2 aromatic rings. The van der Waals surface area contributed by atoms with Gasteiger partial charge >= 0.3 is 0 Å². The van der Waals surface area contributed by atoms with Gasteiger partial charge in [-0.3, -0.25) is 4.79 Å². The molecule has 0 aromatic carbocycles. The quantitative estimate of drug-likeness (QED) is 0.753. The van der Waals surface area contributed by atoms with Gasteiger partial charge in [-0.15, -0.1) is 5.10 Å². The first-order valence-corrected chi connectivity index (χ1v) is 7.14. The maximum atomic E-state index is 12.5. The lowest BCUT2D eigenvalue weighted by Crippen LogP contribution is -2.37. The van der Waals surface area contributed by atoms with Crippen LogP contribution in [0.5, 0.6) is 0 Å². The van der Waals surface area contributed by atoms with Gasteiger partial charge in [0.25, 0.3) is 0 Å². The highest BCUT2D eigenvalue weighted by Crippen LogP contribution is 2.25. The maximum absolute atomic E-state index is 12.5. The Labute approximate surface area is 127 Å². The highest BCUT2D eigenvalue weighted by molar-refractivity contribution is 5.79. The van der Waals surface area contributed by atoms with E-state index in [0.29, 0.717) is 24.5 Å². The third-order valence-electron chi connectivity index (χ3n) is 4.12. The summed E-state index contributed by atoms with van der Waals surface area (Å²) in [5.74, 6) is 0.0215. The van der Waals surface area contributed by atoms with E-state index in [4.69, 9.17) is 0 Å². The number of nitrogens with zero attached hydrogens (tertiary/aromatic N) is 7. The molecule has 3 heterocycles. The van der Waals surface area contributed by atoms with E-state index in [0.717, 1.165) is 0 Å². The van der Waals surface area contributed by atoms with Gasteiger partial charge in [0.05, 0.1) is 24.7 Å². The fraction of sp³-hybridized carbons (Fsp3) is 0.615. The van der Waals surface area contributed by atoms with Crippen molar-refractivity contribution in [1.29, 1.82) is 0 Å². The Balaban J connectivity index is 1.73. The van der Waals surface area contributed by atoms with Gasteiger partial charge in [-0.25, -0.2) is 9.31 Å². The van der Waals surface area contributed by atoms with E-state index < -0.39 is 0 Å². The minimum Gasteiger partial charge on any atom is -0.338 e. The monoisotopic (exact) mass is 305 g/mol. The molecule has 2 atom stereocenters. The minimum atomic E-state index is 0.0215. The molecule has 1 amide bonds. The Morgan fingerprint density at radius 2 is 2.23 bits per heavy atom. The normalized spacial score (nSPS) is 21.7. The van der Waals surface area contributed by atoms with E-state index in [1.165, 1.54) is 0 Å². The molecule has 0 radical (unpaired) electrons. The summed E-state index contributed by atoms with van der Waals surface area (Å²) in [7, 11) is 4.02. The van der Waals surface area contributed by atoms with Gasteiger partial charge < -0.3 is 9.80 Å². The van der Waals surface area contributed by atoms with Crippen molar-refractivity contribution >= 4 is 5.91 Å². The van der Waals surface area contributed by atoms with Gasteiger partial charge in [0.1, 0.15) is 11.4 Å². The number of aromatic nitrogens is 5. The summed E-state index contributed by atoms with van der Waals surface area (Å²) in [5.41, 5.74) is 1.25. The second kappa shape index (κ2) is 5.84. The van der Waals surface area contributed by atoms with Crippen molar-refractivity contribution in [2.75, 3.05) is 27.2 Å². The van der Waals surface area contributed by atoms with Crippen molar-refractivity contribution in [2.45, 2.75) is 25.4 Å². The largest absolute Gasteiger partial charge is 0.338 e. The molecule has 0 aliphatic carbocycles. The molecule has 0 saturated carbocycles. The van der Waals surface area contributed by atoms with Gasteiger partial charge in [-0.05, 0) is 21.0 Å². The number of hydrogen-bond donors (Lipinski definition) is 0.